The van der Waals surface area contributed by atoms with Gasteiger partial charge in [0.25, 0.3) is 15.9 Å². The summed E-state index contributed by atoms with van der Waals surface area (Å²) in [5.74, 6) is -1.27. The lowest BCUT2D eigenvalue weighted by atomic mass is 10.2. The van der Waals surface area contributed by atoms with Crippen LogP contribution in [-0.2, 0) is 19.6 Å². The summed E-state index contributed by atoms with van der Waals surface area (Å²) in [5.41, 5.74) is 0.833. The van der Waals surface area contributed by atoms with Gasteiger partial charge in [-0.05, 0) is 57.2 Å². The highest BCUT2D eigenvalue weighted by molar-refractivity contribution is 7.92. The van der Waals surface area contributed by atoms with Gasteiger partial charge in [0.1, 0.15) is 0 Å². The molecule has 8 nitrogen and oxygen atoms in total. The van der Waals surface area contributed by atoms with Crippen LogP contribution in [0.1, 0.15) is 41.5 Å². The van der Waals surface area contributed by atoms with Crippen LogP contribution in [-0.4, -0.2) is 38.7 Å². The van der Waals surface area contributed by atoms with Gasteiger partial charge in [-0.1, -0.05) is 12.1 Å². The molecule has 0 saturated carbocycles. The maximum absolute atomic E-state index is 12.4. The average Bonchev–Trinajstić information content (AvgIpc) is 2.66. The zero-order valence-electron chi connectivity index (χ0n) is 16.3. The number of ketones is 1. The first kappa shape index (κ1) is 22.1. The second-order valence-electron chi connectivity index (χ2n) is 6.56. The smallest absolute Gasteiger partial charge is 0.338 e. The molecule has 1 amide bonds. The highest BCUT2D eigenvalue weighted by atomic mass is 32.2. The van der Waals surface area contributed by atoms with E-state index in [9.17, 15) is 22.8 Å². The van der Waals surface area contributed by atoms with E-state index in [1.807, 2.05) is 0 Å². The molecule has 0 radical (unpaired) electrons. The first-order valence-corrected chi connectivity index (χ1v) is 10.3. The Balaban J connectivity index is 2.01. The normalized spacial score (nSPS) is 11.0. The van der Waals surface area contributed by atoms with Crippen LogP contribution in [0.2, 0.25) is 0 Å². The second kappa shape index (κ2) is 9.33. The van der Waals surface area contributed by atoms with E-state index in [2.05, 4.69) is 10.0 Å². The van der Waals surface area contributed by atoms with Gasteiger partial charge in [0.05, 0.1) is 10.5 Å². The van der Waals surface area contributed by atoms with Crippen molar-refractivity contribution in [3.63, 3.8) is 0 Å². The van der Waals surface area contributed by atoms with Crippen molar-refractivity contribution in [3.8, 4) is 0 Å². The summed E-state index contributed by atoms with van der Waals surface area (Å²) < 4.78 is 32.2. The third kappa shape index (κ3) is 6.42. The van der Waals surface area contributed by atoms with Gasteiger partial charge in [-0.3, -0.25) is 14.3 Å². The highest BCUT2D eigenvalue weighted by Gasteiger charge is 2.16. The summed E-state index contributed by atoms with van der Waals surface area (Å²) in [7, 11) is -3.85. The van der Waals surface area contributed by atoms with E-state index in [1.54, 1.807) is 13.8 Å². The van der Waals surface area contributed by atoms with E-state index in [4.69, 9.17) is 4.74 Å². The number of nitrogens with one attached hydrogen (secondary N) is 2. The monoisotopic (exact) mass is 418 g/mol. The van der Waals surface area contributed by atoms with Crippen LogP contribution >= 0.6 is 0 Å². The van der Waals surface area contributed by atoms with E-state index in [-0.39, 0.29) is 28.0 Å². The van der Waals surface area contributed by atoms with Crippen LogP contribution in [0.25, 0.3) is 0 Å². The molecule has 2 N–H and O–H groups in total. The predicted molar refractivity (Wildman–Crippen MR) is 107 cm³/mol. The summed E-state index contributed by atoms with van der Waals surface area (Å²) in [6, 6.07) is 11.1. The van der Waals surface area contributed by atoms with Crippen molar-refractivity contribution in [2.24, 2.45) is 0 Å². The quantitative estimate of drug-likeness (QED) is 0.502. The Morgan fingerprint density at radius 3 is 2.00 bits per heavy atom. The summed E-state index contributed by atoms with van der Waals surface area (Å²) in [4.78, 5) is 34.8. The average molecular weight is 418 g/mol. The number of esters is 1. The number of hydrogen-bond acceptors (Lipinski definition) is 6. The number of Topliss-reactive ketones (excluding diaryl/α,β-unsaturated/α-hetero) is 1. The SMILES string of the molecule is CC(=O)c1ccc(S(=O)(=O)Nc2ccc(C(=O)OCC(=O)NC(C)C)cc2)cc1. The Labute approximate surface area is 169 Å². The van der Waals surface area contributed by atoms with E-state index in [0.29, 0.717) is 5.56 Å². The maximum atomic E-state index is 12.4. The molecule has 154 valence electrons. The first-order chi connectivity index (χ1) is 13.6. The van der Waals surface area contributed by atoms with Gasteiger partial charge in [-0.2, -0.15) is 0 Å². The third-order valence-corrected chi connectivity index (χ3v) is 5.13. The Morgan fingerprint density at radius 1 is 0.931 bits per heavy atom. The molecule has 0 atom stereocenters. The standard InChI is InChI=1S/C20H22N2O6S/c1-13(2)21-19(24)12-28-20(25)16-4-8-17(9-5-16)22-29(26,27)18-10-6-15(7-11-18)14(3)23/h4-11,13,22H,12H2,1-3H3,(H,21,24). The molecule has 29 heavy (non-hydrogen) atoms. The van der Waals surface area contributed by atoms with Crippen molar-refractivity contribution in [1.29, 1.82) is 0 Å². The Bertz CT molecular complexity index is 996. The van der Waals surface area contributed by atoms with Crippen LogP contribution in [0.3, 0.4) is 0 Å². The molecule has 0 heterocycles. The molecule has 9 heteroatoms. The number of rotatable bonds is 8. The number of hydrogen-bond donors (Lipinski definition) is 2. The van der Waals surface area contributed by atoms with Crippen LogP contribution in [0.5, 0.6) is 0 Å². The van der Waals surface area contributed by atoms with Crippen LogP contribution in [0.4, 0.5) is 5.69 Å². The maximum Gasteiger partial charge on any atom is 0.338 e. The fourth-order valence-corrected chi connectivity index (χ4v) is 3.39. The van der Waals surface area contributed by atoms with Crippen LogP contribution in [0, 0.1) is 0 Å². The fraction of sp³-hybridized carbons (Fsp3) is 0.250. The summed E-state index contributed by atoms with van der Waals surface area (Å²) in [5, 5.41) is 2.60. The molecule has 2 aromatic carbocycles. The van der Waals surface area contributed by atoms with E-state index in [1.165, 1.54) is 55.5 Å². The van der Waals surface area contributed by atoms with Gasteiger partial charge in [0.2, 0.25) is 0 Å². The largest absolute Gasteiger partial charge is 0.452 e. The summed E-state index contributed by atoms with van der Waals surface area (Å²) in [6.45, 7) is 4.57. The molecule has 2 aromatic rings. The number of ether oxygens (including phenoxy) is 1. The van der Waals surface area contributed by atoms with Gasteiger partial charge in [-0.15, -0.1) is 0 Å². The number of sulfonamides is 1. The van der Waals surface area contributed by atoms with Crippen molar-refractivity contribution >= 4 is 33.4 Å². The zero-order chi connectivity index (χ0) is 21.6. The molecular weight excluding hydrogens is 396 g/mol. The lowest BCUT2D eigenvalue weighted by Gasteiger charge is -2.10. The first-order valence-electron chi connectivity index (χ1n) is 8.79. The molecule has 0 aliphatic rings. The number of benzene rings is 2. The molecule has 0 saturated heterocycles. The molecular formula is C20H22N2O6S. The van der Waals surface area contributed by atoms with Gasteiger partial charge in [0.15, 0.2) is 12.4 Å². The summed E-state index contributed by atoms with van der Waals surface area (Å²) in [6.07, 6.45) is 0. The van der Waals surface area contributed by atoms with Gasteiger partial charge < -0.3 is 10.1 Å². The van der Waals surface area contributed by atoms with Crippen molar-refractivity contribution in [2.75, 3.05) is 11.3 Å². The minimum Gasteiger partial charge on any atom is -0.452 e. The van der Waals surface area contributed by atoms with E-state index >= 15 is 0 Å². The number of anilines is 1. The molecule has 0 aromatic heterocycles. The molecule has 0 spiro atoms. The Hall–Kier alpha value is -3.20. The molecule has 0 fully saturated rings. The second-order valence-corrected chi connectivity index (χ2v) is 8.24. The highest BCUT2D eigenvalue weighted by Crippen LogP contribution is 2.18. The van der Waals surface area contributed by atoms with Gasteiger partial charge in [-0.25, -0.2) is 13.2 Å². The minimum absolute atomic E-state index is 0.00199. The zero-order valence-corrected chi connectivity index (χ0v) is 17.1. The topological polar surface area (TPSA) is 119 Å². The van der Waals surface area contributed by atoms with E-state index in [0.717, 1.165) is 0 Å². The lowest BCUT2D eigenvalue weighted by molar-refractivity contribution is -0.124. The van der Waals surface area contributed by atoms with Crippen LogP contribution in [0.15, 0.2) is 53.4 Å². The molecule has 0 aliphatic heterocycles. The van der Waals surface area contributed by atoms with Crippen molar-refractivity contribution in [2.45, 2.75) is 31.7 Å². The number of carbonyl (C=O) groups is 3. The summed E-state index contributed by atoms with van der Waals surface area (Å²) >= 11 is 0. The van der Waals surface area contributed by atoms with Gasteiger partial charge >= 0.3 is 5.97 Å². The molecule has 2 rings (SSSR count). The minimum atomic E-state index is -3.85. The fourth-order valence-electron chi connectivity index (χ4n) is 2.34. The Morgan fingerprint density at radius 2 is 1.48 bits per heavy atom. The molecule has 0 aliphatic carbocycles. The van der Waals surface area contributed by atoms with E-state index < -0.39 is 28.5 Å². The Kier molecular flexibility index (Phi) is 7.11. The predicted octanol–water partition coefficient (Wildman–Crippen LogP) is 2.37. The van der Waals surface area contributed by atoms with Crippen molar-refractivity contribution < 1.29 is 27.5 Å². The third-order valence-electron chi connectivity index (χ3n) is 3.73. The van der Waals surface area contributed by atoms with Crippen LogP contribution < -0.4 is 10.0 Å². The van der Waals surface area contributed by atoms with Crippen molar-refractivity contribution in [3.05, 3.63) is 59.7 Å². The number of amides is 1. The lowest BCUT2D eigenvalue weighted by Crippen LogP contribution is -2.33. The molecule has 0 bridgehead atoms. The molecule has 0 unspecified atom stereocenters. The number of carbonyl (C=O) groups excluding carboxylic acids is 3. The van der Waals surface area contributed by atoms with Gasteiger partial charge in [0, 0.05) is 17.3 Å². The van der Waals surface area contributed by atoms with Crippen molar-refractivity contribution in [1.82, 2.24) is 5.32 Å².